The third-order valence-electron chi connectivity index (χ3n) is 3.03. The summed E-state index contributed by atoms with van der Waals surface area (Å²) in [5.74, 6) is -1.75. The van der Waals surface area contributed by atoms with Crippen molar-refractivity contribution in [3.8, 4) is 0 Å². The van der Waals surface area contributed by atoms with E-state index in [-0.39, 0.29) is 12.1 Å². The van der Waals surface area contributed by atoms with Gasteiger partial charge in [-0.05, 0) is 19.4 Å². The van der Waals surface area contributed by atoms with E-state index in [4.69, 9.17) is 0 Å². The topological polar surface area (TPSA) is 113 Å². The summed E-state index contributed by atoms with van der Waals surface area (Å²) in [6, 6.07) is -0.797. The number of hydrogen-bond acceptors (Lipinski definition) is 6. The number of carboxylic acids is 1. The minimum absolute atomic E-state index is 0.107. The summed E-state index contributed by atoms with van der Waals surface area (Å²) in [6.45, 7) is 3.18. The molecule has 0 spiro atoms. The molecule has 122 valence electrons. The van der Waals surface area contributed by atoms with Crippen LogP contribution in [-0.2, 0) is 23.9 Å². The molecule has 1 rings (SSSR count). The van der Waals surface area contributed by atoms with Crippen LogP contribution in [0.5, 0.6) is 0 Å². The molecular formula is C13H18N2O6S. The van der Waals surface area contributed by atoms with Gasteiger partial charge in [-0.25, -0.2) is 4.79 Å². The third kappa shape index (κ3) is 3.79. The van der Waals surface area contributed by atoms with Crippen molar-refractivity contribution in [2.45, 2.75) is 31.7 Å². The fourth-order valence-corrected chi connectivity index (χ4v) is 3.29. The fraction of sp³-hybridized carbons (Fsp3) is 0.538. The molecule has 0 aromatic rings. The highest BCUT2D eigenvalue weighted by molar-refractivity contribution is 8.00. The lowest BCUT2D eigenvalue weighted by molar-refractivity contribution is -0.149. The predicted octanol–water partition coefficient (Wildman–Crippen LogP) is -0.0559. The first kappa shape index (κ1) is 18.0. The number of ether oxygens (including phenoxy) is 1. The molecule has 0 saturated carbocycles. The number of β-lactam (4-membered cyclic amide) rings is 1. The Morgan fingerprint density at radius 2 is 2.09 bits per heavy atom. The normalized spacial score (nSPS) is 20.0. The van der Waals surface area contributed by atoms with Crippen molar-refractivity contribution in [2.24, 2.45) is 0 Å². The van der Waals surface area contributed by atoms with Gasteiger partial charge in [-0.3, -0.25) is 19.3 Å². The average molecular weight is 330 g/mol. The molecule has 1 fully saturated rings. The zero-order chi connectivity index (χ0) is 16.9. The molecule has 9 heteroatoms. The Kier molecular flexibility index (Phi) is 6.41. The van der Waals surface area contributed by atoms with Gasteiger partial charge in [0, 0.05) is 5.75 Å². The second-order valence-electron chi connectivity index (χ2n) is 4.71. The van der Waals surface area contributed by atoms with Crippen LogP contribution in [0.15, 0.2) is 11.3 Å². The van der Waals surface area contributed by atoms with Crippen molar-refractivity contribution in [3.05, 3.63) is 11.3 Å². The van der Waals surface area contributed by atoms with Crippen molar-refractivity contribution in [2.75, 3.05) is 12.9 Å². The summed E-state index contributed by atoms with van der Waals surface area (Å²) in [7, 11) is 1.27. The van der Waals surface area contributed by atoms with Gasteiger partial charge in [0.05, 0.1) is 13.5 Å². The average Bonchev–Trinajstić information content (AvgIpc) is 2.46. The molecule has 1 aliphatic rings. The summed E-state index contributed by atoms with van der Waals surface area (Å²) in [5.41, 5.74) is 0.369. The third-order valence-corrected chi connectivity index (χ3v) is 4.29. The molecule has 8 nitrogen and oxygen atoms in total. The van der Waals surface area contributed by atoms with Crippen molar-refractivity contribution in [3.63, 3.8) is 0 Å². The van der Waals surface area contributed by atoms with Crippen molar-refractivity contribution in [1.82, 2.24) is 10.2 Å². The lowest BCUT2D eigenvalue weighted by Crippen LogP contribution is -2.68. The van der Waals surface area contributed by atoms with E-state index in [0.717, 1.165) is 4.90 Å². The molecule has 2 amide bonds. The first-order valence-corrected chi connectivity index (χ1v) is 7.52. The van der Waals surface area contributed by atoms with Gasteiger partial charge in [0.15, 0.2) is 0 Å². The molecule has 0 radical (unpaired) electrons. The van der Waals surface area contributed by atoms with E-state index in [1.807, 2.05) is 0 Å². The van der Waals surface area contributed by atoms with Gasteiger partial charge >= 0.3 is 11.9 Å². The molecular weight excluding hydrogens is 312 g/mol. The van der Waals surface area contributed by atoms with Gasteiger partial charge in [-0.1, -0.05) is 0 Å². The van der Waals surface area contributed by atoms with Gasteiger partial charge in [0.2, 0.25) is 6.41 Å². The van der Waals surface area contributed by atoms with Crippen LogP contribution < -0.4 is 5.32 Å². The van der Waals surface area contributed by atoms with Crippen LogP contribution in [0.4, 0.5) is 0 Å². The lowest BCUT2D eigenvalue weighted by Gasteiger charge is -2.46. The zero-order valence-electron chi connectivity index (χ0n) is 12.5. The molecule has 0 aromatic heterocycles. The highest BCUT2D eigenvalue weighted by Crippen LogP contribution is 2.35. The summed E-state index contributed by atoms with van der Waals surface area (Å²) in [6.07, 6.45) is 0.529. The number of thioether (sulfide) groups is 1. The first-order valence-electron chi connectivity index (χ1n) is 6.47. The Bertz CT molecular complexity index is 515. The van der Waals surface area contributed by atoms with Crippen LogP contribution in [0.3, 0.4) is 0 Å². The molecule has 0 bridgehead atoms. The fourth-order valence-electron chi connectivity index (χ4n) is 2.02. The van der Waals surface area contributed by atoms with Crippen LogP contribution in [0.2, 0.25) is 0 Å². The van der Waals surface area contributed by atoms with E-state index in [0.29, 0.717) is 17.7 Å². The van der Waals surface area contributed by atoms with Gasteiger partial charge in [0.25, 0.3) is 5.91 Å². The van der Waals surface area contributed by atoms with Crippen LogP contribution >= 0.6 is 11.8 Å². The summed E-state index contributed by atoms with van der Waals surface area (Å²) < 4.78 is 4.52. The number of nitrogens with zero attached hydrogens (tertiary/aromatic N) is 1. The quantitative estimate of drug-likeness (QED) is 0.277. The smallest absolute Gasteiger partial charge is 0.352 e. The molecule has 0 aliphatic carbocycles. The van der Waals surface area contributed by atoms with Gasteiger partial charge in [-0.2, -0.15) is 0 Å². The number of nitrogens with one attached hydrogen (secondary N) is 1. The SMILES string of the molecule is COC(=O)CCSC1C(NC=O)C(=O)N1C(C(=O)O)=C(C)C. The van der Waals surface area contributed by atoms with Crippen LogP contribution in [0, 0.1) is 0 Å². The number of carboxylic acid groups (broad SMARTS) is 1. The number of rotatable bonds is 8. The Balaban J connectivity index is 2.88. The number of aliphatic carboxylic acids is 1. The number of allylic oxidation sites excluding steroid dienone is 1. The Labute approximate surface area is 131 Å². The van der Waals surface area contributed by atoms with E-state index in [1.165, 1.54) is 18.9 Å². The van der Waals surface area contributed by atoms with E-state index < -0.39 is 29.3 Å². The monoisotopic (exact) mass is 330 g/mol. The maximum absolute atomic E-state index is 12.1. The second kappa shape index (κ2) is 7.83. The number of hydrogen-bond donors (Lipinski definition) is 2. The molecule has 2 atom stereocenters. The maximum atomic E-state index is 12.1. The number of carbonyl (C=O) groups is 4. The van der Waals surface area contributed by atoms with Crippen molar-refractivity contribution < 1.29 is 29.0 Å². The predicted molar refractivity (Wildman–Crippen MR) is 78.7 cm³/mol. The Hall–Kier alpha value is -2.03. The largest absolute Gasteiger partial charge is 0.477 e. The number of amides is 2. The van der Waals surface area contributed by atoms with Gasteiger partial charge < -0.3 is 15.2 Å². The Morgan fingerprint density at radius 1 is 1.45 bits per heavy atom. The van der Waals surface area contributed by atoms with Crippen molar-refractivity contribution >= 4 is 36.0 Å². The molecule has 22 heavy (non-hydrogen) atoms. The van der Waals surface area contributed by atoms with E-state index in [9.17, 15) is 24.3 Å². The second-order valence-corrected chi connectivity index (χ2v) is 5.94. The molecule has 1 aliphatic heterocycles. The highest BCUT2D eigenvalue weighted by Gasteiger charge is 2.50. The van der Waals surface area contributed by atoms with Crippen LogP contribution in [0.1, 0.15) is 20.3 Å². The minimum atomic E-state index is -1.21. The summed E-state index contributed by atoms with van der Waals surface area (Å²) in [4.78, 5) is 46.2. The number of likely N-dealkylation sites (tertiary alicyclic amines) is 1. The zero-order valence-corrected chi connectivity index (χ0v) is 13.3. The number of carbonyl (C=O) groups excluding carboxylic acids is 3. The summed E-state index contributed by atoms with van der Waals surface area (Å²) in [5, 5.41) is 11.1. The maximum Gasteiger partial charge on any atom is 0.352 e. The van der Waals surface area contributed by atoms with E-state index >= 15 is 0 Å². The molecule has 2 unspecified atom stereocenters. The van der Waals surface area contributed by atoms with E-state index in [2.05, 4.69) is 10.1 Å². The minimum Gasteiger partial charge on any atom is -0.477 e. The lowest BCUT2D eigenvalue weighted by atomic mass is 10.0. The number of methoxy groups -OCH3 is 1. The van der Waals surface area contributed by atoms with Gasteiger partial charge in [0.1, 0.15) is 17.1 Å². The standard InChI is InChI=1S/C13H18N2O6S/c1-7(2)10(13(19)20)15-11(18)9(14-6-16)12(15)22-5-4-8(17)21-3/h6,9,12H,4-5H2,1-3H3,(H,14,16)(H,19,20). The van der Waals surface area contributed by atoms with Crippen LogP contribution in [-0.4, -0.2) is 58.5 Å². The van der Waals surface area contributed by atoms with E-state index in [1.54, 1.807) is 13.8 Å². The van der Waals surface area contributed by atoms with Gasteiger partial charge in [-0.15, -0.1) is 11.8 Å². The van der Waals surface area contributed by atoms with Crippen LogP contribution in [0.25, 0.3) is 0 Å². The molecule has 1 saturated heterocycles. The highest BCUT2D eigenvalue weighted by atomic mass is 32.2. The molecule has 1 heterocycles. The molecule has 2 N–H and O–H groups in total. The Morgan fingerprint density at radius 3 is 2.55 bits per heavy atom. The number of esters is 1. The first-order chi connectivity index (χ1) is 10.3. The summed E-state index contributed by atoms with van der Waals surface area (Å²) >= 11 is 1.22. The van der Waals surface area contributed by atoms with Crippen molar-refractivity contribution in [1.29, 1.82) is 0 Å². The molecule has 0 aromatic carbocycles.